The molecular formula is C15H20N2O3. The van der Waals surface area contributed by atoms with E-state index in [0.717, 1.165) is 6.42 Å². The lowest BCUT2D eigenvalue weighted by atomic mass is 9.80. The van der Waals surface area contributed by atoms with Crippen LogP contribution in [0.3, 0.4) is 0 Å². The molecule has 1 aromatic heterocycles. The lowest BCUT2D eigenvalue weighted by Crippen LogP contribution is -2.32. The Balaban J connectivity index is 2.20. The summed E-state index contributed by atoms with van der Waals surface area (Å²) >= 11 is 0. The van der Waals surface area contributed by atoms with Gasteiger partial charge < -0.3 is 10.0 Å². The van der Waals surface area contributed by atoms with Gasteiger partial charge >= 0.3 is 5.97 Å². The van der Waals surface area contributed by atoms with E-state index in [2.05, 4.69) is 25.8 Å². The highest BCUT2D eigenvalue weighted by Gasteiger charge is 2.35. The van der Waals surface area contributed by atoms with Crippen molar-refractivity contribution in [3.8, 4) is 0 Å². The molecule has 2 heterocycles. The van der Waals surface area contributed by atoms with Gasteiger partial charge in [0, 0.05) is 19.3 Å². The van der Waals surface area contributed by atoms with Crippen LogP contribution in [0.1, 0.15) is 48.0 Å². The maximum atomic E-state index is 12.4. The van der Waals surface area contributed by atoms with Crippen molar-refractivity contribution in [2.24, 2.45) is 11.3 Å². The fraction of sp³-hybridized carbons (Fsp3) is 0.533. The Bertz CT molecular complexity index is 534. The molecule has 0 aromatic carbocycles. The molecule has 0 radical (unpaired) electrons. The molecule has 1 aliphatic heterocycles. The molecule has 1 saturated heterocycles. The first-order valence-corrected chi connectivity index (χ1v) is 6.78. The number of aromatic nitrogens is 1. The second-order valence-electron chi connectivity index (χ2n) is 6.31. The molecule has 1 atom stereocenters. The third kappa shape index (κ3) is 2.81. The average Bonchev–Trinajstić information content (AvgIpc) is 2.87. The zero-order valence-electron chi connectivity index (χ0n) is 12.1. The van der Waals surface area contributed by atoms with Crippen molar-refractivity contribution in [1.82, 2.24) is 9.88 Å². The summed E-state index contributed by atoms with van der Waals surface area (Å²) in [5.74, 6) is -0.966. The predicted molar refractivity (Wildman–Crippen MR) is 74.7 cm³/mol. The third-order valence-corrected chi connectivity index (χ3v) is 3.94. The maximum Gasteiger partial charge on any atom is 0.338 e. The van der Waals surface area contributed by atoms with Crippen molar-refractivity contribution in [3.05, 3.63) is 29.6 Å². The first-order chi connectivity index (χ1) is 9.30. The topological polar surface area (TPSA) is 70.5 Å². The highest BCUT2D eigenvalue weighted by Crippen LogP contribution is 2.34. The molecule has 0 saturated carbocycles. The molecule has 0 aliphatic carbocycles. The number of amides is 1. The Hall–Kier alpha value is -1.91. The summed E-state index contributed by atoms with van der Waals surface area (Å²) in [7, 11) is 0. The molecule has 0 bridgehead atoms. The number of carbonyl (C=O) groups excluding carboxylic acids is 1. The molecule has 1 aliphatic rings. The molecule has 20 heavy (non-hydrogen) atoms. The van der Waals surface area contributed by atoms with Crippen LogP contribution in [0.15, 0.2) is 18.3 Å². The fourth-order valence-corrected chi connectivity index (χ4v) is 2.55. The van der Waals surface area contributed by atoms with Crippen molar-refractivity contribution in [3.63, 3.8) is 0 Å². The van der Waals surface area contributed by atoms with Crippen molar-refractivity contribution >= 4 is 11.9 Å². The average molecular weight is 276 g/mol. The Morgan fingerprint density at radius 3 is 2.65 bits per heavy atom. The number of likely N-dealkylation sites (tertiary alicyclic amines) is 1. The normalized spacial score (nSPS) is 19.1. The first kappa shape index (κ1) is 14.5. The molecule has 1 aromatic rings. The van der Waals surface area contributed by atoms with Crippen molar-refractivity contribution < 1.29 is 14.7 Å². The first-order valence-electron chi connectivity index (χ1n) is 6.78. The molecule has 1 fully saturated rings. The lowest BCUT2D eigenvalue weighted by molar-refractivity contribution is 0.0676. The van der Waals surface area contributed by atoms with E-state index in [1.54, 1.807) is 4.90 Å². The van der Waals surface area contributed by atoms with Crippen LogP contribution in [0.5, 0.6) is 0 Å². The van der Waals surface area contributed by atoms with Gasteiger partial charge in [-0.1, -0.05) is 20.8 Å². The zero-order valence-corrected chi connectivity index (χ0v) is 12.1. The van der Waals surface area contributed by atoms with Gasteiger partial charge in [0.1, 0.15) is 5.69 Å². The highest BCUT2D eigenvalue weighted by atomic mass is 16.4. The number of nitrogens with zero attached hydrogens (tertiary/aromatic N) is 2. The molecule has 5 nitrogen and oxygen atoms in total. The van der Waals surface area contributed by atoms with E-state index in [0.29, 0.717) is 19.0 Å². The maximum absolute atomic E-state index is 12.4. The molecule has 1 N–H and O–H groups in total. The van der Waals surface area contributed by atoms with Crippen LogP contribution in [0, 0.1) is 11.3 Å². The van der Waals surface area contributed by atoms with Crippen molar-refractivity contribution in [2.75, 3.05) is 13.1 Å². The van der Waals surface area contributed by atoms with Crippen LogP contribution in [0.25, 0.3) is 0 Å². The largest absolute Gasteiger partial charge is 0.478 e. The van der Waals surface area contributed by atoms with Crippen LogP contribution in [0.2, 0.25) is 0 Å². The van der Waals surface area contributed by atoms with E-state index in [4.69, 9.17) is 5.11 Å². The summed E-state index contributed by atoms with van der Waals surface area (Å²) in [6, 6.07) is 2.95. The summed E-state index contributed by atoms with van der Waals surface area (Å²) in [5, 5.41) is 9.13. The summed E-state index contributed by atoms with van der Waals surface area (Å²) in [4.78, 5) is 29.3. The quantitative estimate of drug-likeness (QED) is 0.899. The number of carboxylic acid groups (broad SMARTS) is 1. The van der Waals surface area contributed by atoms with Crippen LogP contribution >= 0.6 is 0 Å². The second kappa shape index (κ2) is 5.23. The van der Waals surface area contributed by atoms with Gasteiger partial charge in [0.05, 0.1) is 5.56 Å². The molecule has 1 unspecified atom stereocenters. The van der Waals surface area contributed by atoms with Gasteiger partial charge in [0.15, 0.2) is 0 Å². The standard InChI is InChI=1S/C15H20N2O3/c1-15(2,3)10-6-8-17(9-10)13(18)12-11(14(19)20)5-4-7-16-12/h4-5,7,10H,6,8-9H2,1-3H3,(H,19,20). The summed E-state index contributed by atoms with van der Waals surface area (Å²) in [6.07, 6.45) is 2.40. The van der Waals surface area contributed by atoms with Gasteiger partial charge in [-0.25, -0.2) is 4.79 Å². The van der Waals surface area contributed by atoms with Crippen molar-refractivity contribution in [1.29, 1.82) is 0 Å². The monoisotopic (exact) mass is 276 g/mol. The lowest BCUT2D eigenvalue weighted by Gasteiger charge is -2.27. The van der Waals surface area contributed by atoms with Crippen LogP contribution in [0.4, 0.5) is 0 Å². The fourth-order valence-electron chi connectivity index (χ4n) is 2.55. The Morgan fingerprint density at radius 1 is 1.40 bits per heavy atom. The third-order valence-electron chi connectivity index (χ3n) is 3.94. The predicted octanol–water partition coefficient (Wildman–Crippen LogP) is 2.29. The Labute approximate surface area is 118 Å². The van der Waals surface area contributed by atoms with Gasteiger partial charge in [-0.15, -0.1) is 0 Å². The number of aromatic carboxylic acids is 1. The second-order valence-corrected chi connectivity index (χ2v) is 6.31. The van der Waals surface area contributed by atoms with Crippen LogP contribution in [-0.2, 0) is 0 Å². The molecule has 5 heteroatoms. The smallest absolute Gasteiger partial charge is 0.338 e. The number of rotatable bonds is 2. The zero-order chi connectivity index (χ0) is 14.9. The number of hydrogen-bond acceptors (Lipinski definition) is 3. The van der Waals surface area contributed by atoms with Gasteiger partial charge in [-0.3, -0.25) is 9.78 Å². The van der Waals surface area contributed by atoms with Gasteiger partial charge in [0.2, 0.25) is 0 Å². The minimum Gasteiger partial charge on any atom is -0.478 e. The van der Waals surface area contributed by atoms with E-state index >= 15 is 0 Å². The Morgan fingerprint density at radius 2 is 2.10 bits per heavy atom. The number of pyridine rings is 1. The van der Waals surface area contributed by atoms with E-state index in [-0.39, 0.29) is 22.6 Å². The molecule has 108 valence electrons. The van der Waals surface area contributed by atoms with Crippen LogP contribution < -0.4 is 0 Å². The summed E-state index contributed by atoms with van der Waals surface area (Å²) in [5.41, 5.74) is 0.153. The number of carbonyl (C=O) groups is 2. The SMILES string of the molecule is CC(C)(C)C1CCN(C(=O)c2ncccc2C(=O)O)C1. The van der Waals surface area contributed by atoms with Gasteiger partial charge in [-0.05, 0) is 29.9 Å². The number of carboxylic acids is 1. The van der Waals surface area contributed by atoms with E-state index in [9.17, 15) is 9.59 Å². The minimum absolute atomic E-state index is 0.0308. The number of hydrogen-bond donors (Lipinski definition) is 1. The van der Waals surface area contributed by atoms with E-state index in [1.165, 1.54) is 18.3 Å². The Kier molecular flexibility index (Phi) is 3.79. The highest BCUT2D eigenvalue weighted by molar-refractivity contribution is 6.03. The molecular weight excluding hydrogens is 256 g/mol. The van der Waals surface area contributed by atoms with Gasteiger partial charge in [-0.2, -0.15) is 0 Å². The summed E-state index contributed by atoms with van der Waals surface area (Å²) in [6.45, 7) is 7.81. The van der Waals surface area contributed by atoms with E-state index in [1.807, 2.05) is 0 Å². The molecule has 2 rings (SSSR count). The summed E-state index contributed by atoms with van der Waals surface area (Å²) < 4.78 is 0. The van der Waals surface area contributed by atoms with Gasteiger partial charge in [0.25, 0.3) is 5.91 Å². The van der Waals surface area contributed by atoms with Crippen molar-refractivity contribution in [2.45, 2.75) is 27.2 Å². The minimum atomic E-state index is -1.12. The molecule has 0 spiro atoms. The molecule has 1 amide bonds. The van der Waals surface area contributed by atoms with Crippen LogP contribution in [-0.4, -0.2) is 40.0 Å². The van der Waals surface area contributed by atoms with E-state index < -0.39 is 5.97 Å².